The SMILES string of the molecule is CCn1c2ccccc2c2cc(C=NN=Cc3ccc4ccccc4c3OCC(O)CSc3nnc(SCC(O)COc4ccc5ccccc5c4C=NN=Cc4cccc5c4c4ccccc4n5CC)s3)ccc21. The monoisotopic (exact) mass is 1040 g/mol. The Morgan fingerprint density at radius 1 is 0.520 bits per heavy atom. The molecule has 3 aromatic heterocycles. The molecule has 2 atom stereocenters. The highest BCUT2D eigenvalue weighted by Crippen LogP contribution is 2.35. The van der Waals surface area contributed by atoms with E-state index in [0.29, 0.717) is 31.7 Å². The molecule has 0 bridgehead atoms. The molecule has 8 aromatic carbocycles. The minimum Gasteiger partial charge on any atom is -0.490 e. The lowest BCUT2D eigenvalue weighted by Crippen LogP contribution is -2.20. The summed E-state index contributed by atoms with van der Waals surface area (Å²) < 4.78 is 18.7. The highest BCUT2D eigenvalue weighted by molar-refractivity contribution is 8.03. The number of fused-ring (bicyclic) bond motifs is 8. The van der Waals surface area contributed by atoms with Crippen molar-refractivity contribution in [3.8, 4) is 11.5 Å². The molecule has 0 saturated carbocycles. The van der Waals surface area contributed by atoms with Gasteiger partial charge < -0.3 is 28.8 Å². The Hall–Kier alpha value is -7.66. The maximum atomic E-state index is 11.1. The predicted octanol–water partition coefficient (Wildman–Crippen LogP) is 13.1. The summed E-state index contributed by atoms with van der Waals surface area (Å²) in [5.41, 5.74) is 8.24. The summed E-state index contributed by atoms with van der Waals surface area (Å²) in [5.74, 6) is 1.91. The van der Waals surface area contributed by atoms with Crippen molar-refractivity contribution in [2.45, 2.75) is 47.8 Å². The first-order valence-corrected chi connectivity index (χ1v) is 27.6. The molecule has 0 amide bonds. The second-order valence-corrected chi connectivity index (χ2v) is 21.3. The molecule has 12 nitrogen and oxygen atoms in total. The van der Waals surface area contributed by atoms with Crippen molar-refractivity contribution in [3.05, 3.63) is 180 Å². The molecule has 75 heavy (non-hydrogen) atoms. The highest BCUT2D eigenvalue weighted by Gasteiger charge is 2.17. The van der Waals surface area contributed by atoms with Crippen molar-refractivity contribution in [1.82, 2.24) is 19.3 Å². The van der Waals surface area contributed by atoms with Gasteiger partial charge >= 0.3 is 0 Å². The van der Waals surface area contributed by atoms with Gasteiger partial charge in [-0.25, -0.2) is 0 Å². The van der Waals surface area contributed by atoms with Crippen molar-refractivity contribution in [2.24, 2.45) is 20.4 Å². The third-order valence-corrected chi connectivity index (χ3v) is 16.5. The number of para-hydroxylation sites is 2. The Morgan fingerprint density at radius 3 is 1.83 bits per heavy atom. The van der Waals surface area contributed by atoms with Crippen LogP contribution in [0.4, 0.5) is 0 Å². The number of hydrogen-bond donors (Lipinski definition) is 2. The number of benzene rings is 8. The Morgan fingerprint density at radius 2 is 1.08 bits per heavy atom. The lowest BCUT2D eigenvalue weighted by molar-refractivity contribution is 0.126. The van der Waals surface area contributed by atoms with Crippen molar-refractivity contribution >= 4 is 125 Å². The molecule has 0 spiro atoms. The average molecular weight is 1050 g/mol. The molecule has 3 heterocycles. The highest BCUT2D eigenvalue weighted by atomic mass is 32.2. The van der Waals surface area contributed by atoms with E-state index < -0.39 is 12.2 Å². The number of aliphatic hydroxyl groups excluding tert-OH is 2. The topological polar surface area (TPSA) is 144 Å². The van der Waals surface area contributed by atoms with Crippen LogP contribution >= 0.6 is 34.9 Å². The van der Waals surface area contributed by atoms with Gasteiger partial charge in [0.2, 0.25) is 0 Å². The molecule has 0 saturated heterocycles. The molecule has 0 radical (unpaired) electrons. The number of aromatic nitrogens is 4. The zero-order valence-corrected chi connectivity index (χ0v) is 43.7. The van der Waals surface area contributed by atoms with Gasteiger partial charge in [0.15, 0.2) is 8.68 Å². The molecule has 15 heteroatoms. The summed E-state index contributed by atoms with van der Waals surface area (Å²) in [5, 5.41) is 57.4. The molecule has 374 valence electrons. The fourth-order valence-electron chi connectivity index (χ4n) is 9.62. The molecule has 0 fully saturated rings. The van der Waals surface area contributed by atoms with E-state index >= 15 is 0 Å². The fraction of sp³-hybridized carbons (Fsp3) is 0.167. The van der Waals surface area contributed by atoms with Crippen LogP contribution in [0.3, 0.4) is 0 Å². The van der Waals surface area contributed by atoms with Crippen LogP contribution in [0.2, 0.25) is 0 Å². The first-order valence-electron chi connectivity index (χ1n) is 24.8. The van der Waals surface area contributed by atoms with Crippen molar-refractivity contribution < 1.29 is 19.7 Å². The van der Waals surface area contributed by atoms with Gasteiger partial charge in [0.1, 0.15) is 24.7 Å². The molecular weight excluding hydrogens is 993 g/mol. The van der Waals surface area contributed by atoms with E-state index in [0.717, 1.165) is 67.8 Å². The van der Waals surface area contributed by atoms with Gasteiger partial charge in [0.25, 0.3) is 0 Å². The zero-order valence-electron chi connectivity index (χ0n) is 41.2. The van der Waals surface area contributed by atoms with E-state index in [1.54, 1.807) is 24.9 Å². The van der Waals surface area contributed by atoms with Crippen LogP contribution in [0.5, 0.6) is 11.5 Å². The van der Waals surface area contributed by atoms with Gasteiger partial charge in [-0.05, 0) is 78.0 Å². The van der Waals surface area contributed by atoms with Gasteiger partial charge in [-0.1, -0.05) is 150 Å². The quantitative estimate of drug-likeness (QED) is 0.0436. The largest absolute Gasteiger partial charge is 0.490 e. The Kier molecular flexibility index (Phi) is 15.1. The second kappa shape index (κ2) is 22.8. The maximum absolute atomic E-state index is 11.1. The van der Waals surface area contributed by atoms with Gasteiger partial charge in [0.05, 0.1) is 37.1 Å². The zero-order chi connectivity index (χ0) is 51.1. The molecule has 11 aromatic rings. The van der Waals surface area contributed by atoms with Crippen LogP contribution in [0.25, 0.3) is 65.2 Å². The maximum Gasteiger partial charge on any atom is 0.175 e. The van der Waals surface area contributed by atoms with Crippen LogP contribution in [0.1, 0.15) is 36.1 Å². The minimum absolute atomic E-state index is 0.0594. The van der Waals surface area contributed by atoms with Crippen LogP contribution in [0.15, 0.2) is 187 Å². The van der Waals surface area contributed by atoms with Crippen molar-refractivity contribution in [1.29, 1.82) is 0 Å². The van der Waals surface area contributed by atoms with Gasteiger partial charge in [-0.2, -0.15) is 20.4 Å². The summed E-state index contributed by atoms with van der Waals surface area (Å²) in [6.07, 6.45) is 5.39. The van der Waals surface area contributed by atoms with E-state index in [1.165, 1.54) is 67.6 Å². The summed E-state index contributed by atoms with van der Waals surface area (Å²) in [7, 11) is 0. The van der Waals surface area contributed by atoms with Gasteiger partial charge in [0, 0.05) is 90.3 Å². The standard InChI is InChI=1S/C60H52N8O4S3/c1-3-67-52-21-11-9-19-48(52)50-30-39(24-28-54(50)67)31-61-63-33-43-26-25-41-15-6-8-18-47(41)58(43)72-36-45(70)38-74-60-66-65-59(75-60)73-37-44(69)35-71-56-29-27-40-14-5-7-17-46(40)51(56)34-64-62-32-42-16-13-23-55-57(42)49-20-10-12-22-53(49)68(55)4-2/h5-34,44-45,69-70H,3-4,35-38H2,1-2H3. The number of thioether (sulfide) groups is 2. The van der Waals surface area contributed by atoms with Crippen molar-refractivity contribution in [3.63, 3.8) is 0 Å². The average Bonchev–Trinajstić information content (AvgIpc) is 4.15. The normalized spacial score (nSPS) is 13.2. The van der Waals surface area contributed by atoms with Gasteiger partial charge in [-0.15, -0.1) is 10.2 Å². The van der Waals surface area contributed by atoms with E-state index in [-0.39, 0.29) is 13.2 Å². The van der Waals surface area contributed by atoms with Crippen LogP contribution in [0, 0.1) is 0 Å². The molecule has 0 aliphatic heterocycles. The van der Waals surface area contributed by atoms with E-state index in [9.17, 15) is 10.2 Å². The predicted molar refractivity (Wildman–Crippen MR) is 313 cm³/mol. The van der Waals surface area contributed by atoms with E-state index in [1.807, 2.05) is 72.8 Å². The van der Waals surface area contributed by atoms with Crippen LogP contribution in [-0.4, -0.2) is 91.3 Å². The summed E-state index contributed by atoms with van der Waals surface area (Å²) in [6.45, 7) is 6.20. The van der Waals surface area contributed by atoms with E-state index in [2.05, 4.69) is 139 Å². The Bertz CT molecular complexity index is 3970. The molecule has 2 N–H and O–H groups in total. The third-order valence-electron chi connectivity index (χ3n) is 13.1. The Balaban J connectivity index is 0.685. The smallest absolute Gasteiger partial charge is 0.175 e. The minimum atomic E-state index is -0.795. The summed E-state index contributed by atoms with van der Waals surface area (Å²) in [4.78, 5) is 0. The second-order valence-electron chi connectivity index (χ2n) is 17.8. The number of rotatable bonds is 20. The number of nitrogens with zero attached hydrogens (tertiary/aromatic N) is 8. The van der Waals surface area contributed by atoms with Crippen molar-refractivity contribution in [2.75, 3.05) is 24.7 Å². The van der Waals surface area contributed by atoms with Gasteiger partial charge in [-0.3, -0.25) is 0 Å². The molecule has 11 rings (SSSR count). The lowest BCUT2D eigenvalue weighted by atomic mass is 10.0. The Labute approximate surface area is 445 Å². The number of hydrogen-bond acceptors (Lipinski definition) is 13. The molecule has 0 aliphatic carbocycles. The first kappa shape index (κ1) is 49.5. The number of ether oxygens (including phenoxy) is 2. The number of aliphatic hydroxyl groups is 2. The first-order chi connectivity index (χ1) is 36.9. The van der Waals surface area contributed by atoms with Crippen LogP contribution in [-0.2, 0) is 13.1 Å². The van der Waals surface area contributed by atoms with Crippen LogP contribution < -0.4 is 9.47 Å². The summed E-state index contributed by atoms with van der Waals surface area (Å²) >= 11 is 4.23. The molecular formula is C60H52N8O4S3. The molecule has 2 unspecified atom stereocenters. The number of aryl methyl sites for hydroxylation is 2. The third kappa shape index (κ3) is 10.7. The fourth-order valence-corrected chi connectivity index (χ4v) is 12.5. The van der Waals surface area contributed by atoms with E-state index in [4.69, 9.17) is 9.47 Å². The summed E-state index contributed by atoms with van der Waals surface area (Å²) in [6, 6.07) is 53.5. The lowest BCUT2D eigenvalue weighted by Gasteiger charge is -2.15. The molecule has 0 aliphatic rings.